The second kappa shape index (κ2) is 6.65. The SMILES string of the molecule is CNCCC(=O)Nc1ccccc1C(=O)OC. The van der Waals surface area contributed by atoms with E-state index in [1.165, 1.54) is 7.11 Å². The van der Waals surface area contributed by atoms with Crippen molar-refractivity contribution in [1.82, 2.24) is 5.32 Å². The van der Waals surface area contributed by atoms with Crippen molar-refractivity contribution >= 4 is 17.6 Å². The number of esters is 1. The Bertz CT molecular complexity index is 404. The van der Waals surface area contributed by atoms with Gasteiger partial charge in [0.05, 0.1) is 18.4 Å². The number of carbonyl (C=O) groups is 2. The topological polar surface area (TPSA) is 67.4 Å². The molecule has 0 spiro atoms. The van der Waals surface area contributed by atoms with Gasteiger partial charge in [-0.2, -0.15) is 0 Å². The van der Waals surface area contributed by atoms with Gasteiger partial charge in [0.25, 0.3) is 0 Å². The molecule has 17 heavy (non-hydrogen) atoms. The standard InChI is InChI=1S/C12H16N2O3/c1-13-8-7-11(15)14-10-6-4-3-5-9(10)12(16)17-2/h3-6,13H,7-8H2,1-2H3,(H,14,15). The summed E-state index contributed by atoms with van der Waals surface area (Å²) in [4.78, 5) is 23.0. The summed E-state index contributed by atoms with van der Waals surface area (Å²) in [5.41, 5.74) is 0.827. The van der Waals surface area contributed by atoms with Gasteiger partial charge in [-0.15, -0.1) is 0 Å². The zero-order chi connectivity index (χ0) is 12.7. The first-order valence-corrected chi connectivity index (χ1v) is 5.31. The van der Waals surface area contributed by atoms with E-state index in [4.69, 9.17) is 0 Å². The van der Waals surface area contributed by atoms with E-state index >= 15 is 0 Å². The summed E-state index contributed by atoms with van der Waals surface area (Å²) in [5, 5.41) is 5.56. The number of methoxy groups -OCH3 is 1. The van der Waals surface area contributed by atoms with E-state index in [-0.39, 0.29) is 5.91 Å². The van der Waals surface area contributed by atoms with Gasteiger partial charge in [-0.25, -0.2) is 4.79 Å². The molecule has 0 saturated carbocycles. The lowest BCUT2D eigenvalue weighted by Crippen LogP contribution is -2.20. The molecule has 2 N–H and O–H groups in total. The Morgan fingerprint density at radius 1 is 1.29 bits per heavy atom. The van der Waals surface area contributed by atoms with E-state index in [0.29, 0.717) is 24.2 Å². The molecule has 0 unspecified atom stereocenters. The van der Waals surface area contributed by atoms with Crippen molar-refractivity contribution in [3.63, 3.8) is 0 Å². The lowest BCUT2D eigenvalue weighted by atomic mass is 10.1. The summed E-state index contributed by atoms with van der Waals surface area (Å²) in [7, 11) is 3.08. The Balaban J connectivity index is 2.76. The zero-order valence-corrected chi connectivity index (χ0v) is 9.95. The Morgan fingerprint density at radius 3 is 2.65 bits per heavy atom. The fourth-order valence-corrected chi connectivity index (χ4v) is 1.33. The Labute approximate surface area is 100 Å². The molecule has 0 aromatic heterocycles. The molecule has 0 saturated heterocycles. The minimum Gasteiger partial charge on any atom is -0.465 e. The van der Waals surface area contributed by atoms with Crippen LogP contribution in [0.15, 0.2) is 24.3 Å². The average Bonchev–Trinajstić information content (AvgIpc) is 2.36. The molecule has 1 aromatic rings. The number of amides is 1. The summed E-state index contributed by atoms with van der Waals surface area (Å²) in [6, 6.07) is 6.75. The minimum atomic E-state index is -0.463. The van der Waals surface area contributed by atoms with Crippen LogP contribution in [0.1, 0.15) is 16.8 Å². The lowest BCUT2D eigenvalue weighted by Gasteiger charge is -2.09. The van der Waals surface area contributed by atoms with E-state index in [2.05, 4.69) is 15.4 Å². The van der Waals surface area contributed by atoms with Gasteiger partial charge < -0.3 is 15.4 Å². The van der Waals surface area contributed by atoms with Crippen LogP contribution in [0.3, 0.4) is 0 Å². The van der Waals surface area contributed by atoms with Gasteiger partial charge in [0.2, 0.25) is 5.91 Å². The van der Waals surface area contributed by atoms with Crippen LogP contribution in [0.25, 0.3) is 0 Å². The third-order valence-corrected chi connectivity index (χ3v) is 2.21. The number of benzene rings is 1. The number of anilines is 1. The van der Waals surface area contributed by atoms with Gasteiger partial charge >= 0.3 is 5.97 Å². The molecular formula is C12H16N2O3. The highest BCUT2D eigenvalue weighted by Gasteiger charge is 2.12. The summed E-state index contributed by atoms with van der Waals surface area (Å²) in [6.07, 6.45) is 0.353. The Kier molecular flexibility index (Phi) is 5.16. The van der Waals surface area contributed by atoms with Crippen LogP contribution in [-0.4, -0.2) is 32.6 Å². The number of ether oxygens (including phenoxy) is 1. The normalized spacial score (nSPS) is 9.76. The summed E-state index contributed by atoms with van der Waals surface area (Å²) in [6.45, 7) is 0.590. The van der Waals surface area contributed by atoms with Crippen molar-refractivity contribution in [2.45, 2.75) is 6.42 Å². The maximum Gasteiger partial charge on any atom is 0.339 e. The van der Waals surface area contributed by atoms with Crippen molar-refractivity contribution in [2.24, 2.45) is 0 Å². The number of nitrogens with one attached hydrogen (secondary N) is 2. The van der Waals surface area contributed by atoms with Gasteiger partial charge in [-0.3, -0.25) is 4.79 Å². The van der Waals surface area contributed by atoms with Crippen molar-refractivity contribution in [3.8, 4) is 0 Å². The third-order valence-electron chi connectivity index (χ3n) is 2.21. The first kappa shape index (κ1) is 13.2. The molecule has 1 amide bonds. The lowest BCUT2D eigenvalue weighted by molar-refractivity contribution is -0.116. The molecule has 0 aliphatic heterocycles. The molecule has 0 atom stereocenters. The number of hydrogen-bond donors (Lipinski definition) is 2. The van der Waals surface area contributed by atoms with E-state index < -0.39 is 5.97 Å². The molecule has 0 radical (unpaired) electrons. The van der Waals surface area contributed by atoms with E-state index in [1.54, 1.807) is 31.3 Å². The maximum atomic E-state index is 11.5. The maximum absolute atomic E-state index is 11.5. The van der Waals surface area contributed by atoms with Crippen molar-refractivity contribution in [1.29, 1.82) is 0 Å². The monoisotopic (exact) mass is 236 g/mol. The molecule has 0 fully saturated rings. The van der Waals surface area contributed by atoms with Crippen LogP contribution >= 0.6 is 0 Å². The number of rotatable bonds is 5. The average molecular weight is 236 g/mol. The van der Waals surface area contributed by atoms with Crippen LogP contribution < -0.4 is 10.6 Å². The number of hydrogen-bond acceptors (Lipinski definition) is 4. The highest BCUT2D eigenvalue weighted by molar-refractivity contribution is 6.01. The quantitative estimate of drug-likeness (QED) is 0.749. The van der Waals surface area contributed by atoms with E-state index in [9.17, 15) is 9.59 Å². The van der Waals surface area contributed by atoms with Crippen LogP contribution in [0.4, 0.5) is 5.69 Å². The first-order chi connectivity index (χ1) is 8.19. The summed E-state index contributed by atoms with van der Waals surface area (Å²) >= 11 is 0. The summed E-state index contributed by atoms with van der Waals surface area (Å²) < 4.78 is 4.64. The second-order valence-electron chi connectivity index (χ2n) is 3.44. The largest absolute Gasteiger partial charge is 0.465 e. The molecule has 0 heterocycles. The van der Waals surface area contributed by atoms with Gasteiger partial charge in [-0.1, -0.05) is 12.1 Å². The molecule has 0 aliphatic carbocycles. The van der Waals surface area contributed by atoms with Crippen LogP contribution in [0.2, 0.25) is 0 Å². The fourth-order valence-electron chi connectivity index (χ4n) is 1.33. The van der Waals surface area contributed by atoms with E-state index in [1.807, 2.05) is 0 Å². The van der Waals surface area contributed by atoms with Crippen LogP contribution in [-0.2, 0) is 9.53 Å². The van der Waals surface area contributed by atoms with E-state index in [0.717, 1.165) is 0 Å². The Hall–Kier alpha value is -1.88. The molecule has 5 heteroatoms. The summed E-state index contributed by atoms with van der Waals surface area (Å²) in [5.74, 6) is -0.606. The van der Waals surface area contributed by atoms with Gasteiger partial charge in [0.15, 0.2) is 0 Å². The first-order valence-electron chi connectivity index (χ1n) is 5.31. The predicted molar refractivity (Wildman–Crippen MR) is 65.0 cm³/mol. The molecule has 0 bridgehead atoms. The van der Waals surface area contributed by atoms with Crippen molar-refractivity contribution in [3.05, 3.63) is 29.8 Å². The molecule has 1 aromatic carbocycles. The number of para-hydroxylation sites is 1. The highest BCUT2D eigenvalue weighted by Crippen LogP contribution is 2.16. The molecular weight excluding hydrogens is 220 g/mol. The minimum absolute atomic E-state index is 0.143. The molecule has 1 rings (SSSR count). The third kappa shape index (κ3) is 3.88. The molecule has 5 nitrogen and oxygen atoms in total. The fraction of sp³-hybridized carbons (Fsp3) is 0.333. The molecule has 0 aliphatic rings. The Morgan fingerprint density at radius 2 is 2.00 bits per heavy atom. The number of carbonyl (C=O) groups excluding carboxylic acids is 2. The van der Waals surface area contributed by atoms with Gasteiger partial charge in [0.1, 0.15) is 0 Å². The van der Waals surface area contributed by atoms with Crippen molar-refractivity contribution < 1.29 is 14.3 Å². The smallest absolute Gasteiger partial charge is 0.339 e. The predicted octanol–water partition coefficient (Wildman–Crippen LogP) is 1.02. The van der Waals surface area contributed by atoms with Crippen LogP contribution in [0.5, 0.6) is 0 Å². The van der Waals surface area contributed by atoms with Crippen molar-refractivity contribution in [2.75, 3.05) is 26.0 Å². The van der Waals surface area contributed by atoms with Gasteiger partial charge in [0, 0.05) is 13.0 Å². The highest BCUT2D eigenvalue weighted by atomic mass is 16.5. The zero-order valence-electron chi connectivity index (χ0n) is 9.95. The molecule has 92 valence electrons. The van der Waals surface area contributed by atoms with Crippen LogP contribution in [0, 0.1) is 0 Å². The van der Waals surface area contributed by atoms with Gasteiger partial charge in [-0.05, 0) is 19.2 Å². The second-order valence-corrected chi connectivity index (χ2v) is 3.44.